The second kappa shape index (κ2) is 9.74. The molecule has 33 heavy (non-hydrogen) atoms. The number of carbonyl (C=O) groups is 2. The normalized spacial score (nSPS) is 13.6. The summed E-state index contributed by atoms with van der Waals surface area (Å²) in [5.74, 6) is -0.595. The molecule has 168 valence electrons. The molecule has 0 saturated heterocycles. The third-order valence-corrected chi connectivity index (χ3v) is 5.96. The van der Waals surface area contributed by atoms with Crippen molar-refractivity contribution in [3.8, 4) is 0 Å². The average Bonchev–Trinajstić information content (AvgIpc) is 3.06. The molecule has 0 unspecified atom stereocenters. The largest absolute Gasteiger partial charge is 0.372 e. The Kier molecular flexibility index (Phi) is 6.59. The summed E-state index contributed by atoms with van der Waals surface area (Å²) < 4.78 is 0. The van der Waals surface area contributed by atoms with Crippen molar-refractivity contribution in [2.75, 3.05) is 23.3 Å². The Balaban J connectivity index is 1.68. The van der Waals surface area contributed by atoms with Gasteiger partial charge in [0.15, 0.2) is 0 Å². The first kappa shape index (κ1) is 22.3. The Labute approximate surface area is 195 Å². The van der Waals surface area contributed by atoms with E-state index >= 15 is 0 Å². The molecule has 0 spiro atoms. The van der Waals surface area contributed by atoms with Gasteiger partial charge in [-0.05, 0) is 56.2 Å². The Hall–Kier alpha value is -3.86. The molecule has 0 aliphatic carbocycles. The van der Waals surface area contributed by atoms with Crippen LogP contribution < -0.4 is 10.2 Å². The fourth-order valence-electron chi connectivity index (χ4n) is 4.08. The molecule has 3 aromatic carbocycles. The average molecular weight is 440 g/mol. The van der Waals surface area contributed by atoms with Crippen molar-refractivity contribution < 1.29 is 9.59 Å². The number of nitrogens with one attached hydrogen (secondary N) is 1. The van der Waals surface area contributed by atoms with Crippen molar-refractivity contribution in [2.24, 2.45) is 0 Å². The van der Waals surface area contributed by atoms with Crippen LogP contribution in [0, 0.1) is 6.92 Å². The molecule has 4 rings (SSSR count). The Morgan fingerprint density at radius 3 is 2.03 bits per heavy atom. The predicted octanol–water partition coefficient (Wildman–Crippen LogP) is 5.23. The highest BCUT2D eigenvalue weighted by Crippen LogP contribution is 2.32. The zero-order valence-corrected chi connectivity index (χ0v) is 19.3. The standard InChI is InChI=1S/C28H29N3O2/c1-4-30(5-2)24-17-15-23(16-18-24)29-26-25(22-13-11-20(3)12-14-22)27(32)31(28(26)33)19-21-9-7-6-8-10-21/h6-18,29H,4-5,19H2,1-3H3. The van der Waals surface area contributed by atoms with E-state index in [-0.39, 0.29) is 18.4 Å². The molecule has 0 bridgehead atoms. The van der Waals surface area contributed by atoms with Crippen LogP contribution >= 0.6 is 0 Å². The molecule has 0 saturated carbocycles. The number of amides is 2. The molecule has 1 aliphatic heterocycles. The van der Waals surface area contributed by atoms with Crippen LogP contribution in [0.3, 0.4) is 0 Å². The van der Waals surface area contributed by atoms with Crippen molar-refractivity contribution >= 4 is 28.8 Å². The lowest BCUT2D eigenvalue weighted by molar-refractivity contribution is -0.137. The van der Waals surface area contributed by atoms with Crippen molar-refractivity contribution in [1.82, 2.24) is 4.90 Å². The zero-order chi connectivity index (χ0) is 23.4. The summed E-state index contributed by atoms with van der Waals surface area (Å²) in [5.41, 5.74) is 5.35. The molecule has 1 heterocycles. The topological polar surface area (TPSA) is 52.7 Å². The number of anilines is 2. The van der Waals surface area contributed by atoms with Gasteiger partial charge in [-0.2, -0.15) is 0 Å². The molecular formula is C28H29N3O2. The number of carbonyl (C=O) groups excluding carboxylic acids is 2. The lowest BCUT2D eigenvalue weighted by Gasteiger charge is -2.21. The lowest BCUT2D eigenvalue weighted by Crippen LogP contribution is -2.32. The van der Waals surface area contributed by atoms with Gasteiger partial charge in [-0.3, -0.25) is 14.5 Å². The van der Waals surface area contributed by atoms with Crippen LogP contribution in [0.2, 0.25) is 0 Å². The Morgan fingerprint density at radius 1 is 0.788 bits per heavy atom. The third-order valence-electron chi connectivity index (χ3n) is 5.96. The first-order valence-corrected chi connectivity index (χ1v) is 11.3. The summed E-state index contributed by atoms with van der Waals surface area (Å²) in [5, 5.41) is 3.25. The smallest absolute Gasteiger partial charge is 0.278 e. The molecule has 3 aromatic rings. The molecule has 5 nitrogen and oxygen atoms in total. The van der Waals surface area contributed by atoms with Crippen LogP contribution in [0.4, 0.5) is 11.4 Å². The predicted molar refractivity (Wildman–Crippen MR) is 134 cm³/mol. The number of rotatable bonds is 8. The SMILES string of the molecule is CCN(CC)c1ccc(NC2=C(c3ccc(C)cc3)C(=O)N(Cc3ccccc3)C2=O)cc1. The molecule has 0 fully saturated rings. The second-order valence-corrected chi connectivity index (χ2v) is 8.14. The van der Waals surface area contributed by atoms with E-state index in [0.29, 0.717) is 11.3 Å². The monoisotopic (exact) mass is 439 g/mol. The van der Waals surface area contributed by atoms with Gasteiger partial charge in [0.05, 0.1) is 12.1 Å². The van der Waals surface area contributed by atoms with E-state index in [4.69, 9.17) is 0 Å². The highest BCUT2D eigenvalue weighted by molar-refractivity contribution is 6.36. The summed E-state index contributed by atoms with van der Waals surface area (Å²) in [4.78, 5) is 30.4. The number of benzene rings is 3. The summed E-state index contributed by atoms with van der Waals surface area (Å²) in [6.07, 6.45) is 0. The summed E-state index contributed by atoms with van der Waals surface area (Å²) >= 11 is 0. The first-order valence-electron chi connectivity index (χ1n) is 11.3. The van der Waals surface area contributed by atoms with Gasteiger partial charge < -0.3 is 10.2 Å². The maximum atomic E-state index is 13.4. The van der Waals surface area contributed by atoms with E-state index in [0.717, 1.165) is 41.2 Å². The Bertz CT molecular complexity index is 1160. The summed E-state index contributed by atoms with van der Waals surface area (Å²) in [6, 6.07) is 25.2. The summed E-state index contributed by atoms with van der Waals surface area (Å²) in [7, 11) is 0. The minimum atomic E-state index is -0.313. The minimum Gasteiger partial charge on any atom is -0.372 e. The Morgan fingerprint density at radius 2 is 1.42 bits per heavy atom. The van der Waals surface area contributed by atoms with Crippen LogP contribution in [-0.4, -0.2) is 29.8 Å². The number of nitrogens with zero attached hydrogens (tertiary/aromatic N) is 2. The van der Waals surface area contributed by atoms with Crippen LogP contribution in [0.25, 0.3) is 5.57 Å². The highest BCUT2D eigenvalue weighted by atomic mass is 16.2. The molecular weight excluding hydrogens is 410 g/mol. The maximum Gasteiger partial charge on any atom is 0.278 e. The quantitative estimate of drug-likeness (QED) is 0.488. The van der Waals surface area contributed by atoms with Crippen molar-refractivity contribution in [1.29, 1.82) is 0 Å². The maximum absolute atomic E-state index is 13.4. The van der Waals surface area contributed by atoms with Crippen LogP contribution in [0.5, 0.6) is 0 Å². The first-order chi connectivity index (χ1) is 16.0. The number of hydrogen-bond donors (Lipinski definition) is 1. The third kappa shape index (κ3) is 4.67. The highest BCUT2D eigenvalue weighted by Gasteiger charge is 2.39. The van der Waals surface area contributed by atoms with E-state index in [1.54, 1.807) is 0 Å². The summed E-state index contributed by atoms with van der Waals surface area (Å²) in [6.45, 7) is 8.33. The molecule has 0 atom stereocenters. The van der Waals surface area contributed by atoms with Crippen LogP contribution in [0.15, 0.2) is 84.6 Å². The van der Waals surface area contributed by atoms with Gasteiger partial charge in [0.2, 0.25) is 0 Å². The molecule has 0 aromatic heterocycles. The van der Waals surface area contributed by atoms with Gasteiger partial charge in [0.1, 0.15) is 5.70 Å². The van der Waals surface area contributed by atoms with Crippen molar-refractivity contribution in [3.63, 3.8) is 0 Å². The van der Waals surface area contributed by atoms with E-state index in [2.05, 4.69) is 24.1 Å². The fourth-order valence-corrected chi connectivity index (χ4v) is 4.08. The second-order valence-electron chi connectivity index (χ2n) is 8.14. The van der Waals surface area contributed by atoms with Crippen molar-refractivity contribution in [2.45, 2.75) is 27.3 Å². The molecule has 2 amide bonds. The molecule has 0 radical (unpaired) electrons. The van der Waals surface area contributed by atoms with Crippen LogP contribution in [0.1, 0.15) is 30.5 Å². The molecule has 5 heteroatoms. The molecule has 1 N–H and O–H groups in total. The zero-order valence-electron chi connectivity index (χ0n) is 19.3. The van der Waals surface area contributed by atoms with Gasteiger partial charge in [-0.15, -0.1) is 0 Å². The number of aryl methyl sites for hydroxylation is 1. The fraction of sp³-hybridized carbons (Fsp3) is 0.214. The lowest BCUT2D eigenvalue weighted by atomic mass is 10.0. The van der Waals surface area contributed by atoms with Gasteiger partial charge in [0.25, 0.3) is 11.8 Å². The van der Waals surface area contributed by atoms with E-state index in [1.165, 1.54) is 4.90 Å². The van der Waals surface area contributed by atoms with Gasteiger partial charge in [-0.1, -0.05) is 60.2 Å². The number of imide groups is 1. The van der Waals surface area contributed by atoms with Crippen molar-refractivity contribution in [3.05, 3.63) is 101 Å². The van der Waals surface area contributed by atoms with E-state index in [9.17, 15) is 9.59 Å². The van der Waals surface area contributed by atoms with Gasteiger partial charge in [0, 0.05) is 24.5 Å². The minimum absolute atomic E-state index is 0.236. The van der Waals surface area contributed by atoms with E-state index in [1.807, 2.05) is 85.8 Å². The van der Waals surface area contributed by atoms with Gasteiger partial charge >= 0.3 is 0 Å². The molecule has 1 aliphatic rings. The van der Waals surface area contributed by atoms with Crippen LogP contribution in [-0.2, 0) is 16.1 Å². The van der Waals surface area contributed by atoms with Gasteiger partial charge in [-0.25, -0.2) is 0 Å². The van der Waals surface area contributed by atoms with E-state index < -0.39 is 0 Å². The number of hydrogen-bond acceptors (Lipinski definition) is 4.